The number of hydrogen-bond donors (Lipinski definition) is 1. The van der Waals surface area contributed by atoms with Gasteiger partial charge in [-0.05, 0) is 42.7 Å². The molecule has 1 aromatic carbocycles. The molecule has 1 aliphatic rings. The molecule has 1 aromatic rings. The fraction of sp³-hybridized carbons (Fsp3) is 0.667. The van der Waals surface area contributed by atoms with Crippen molar-refractivity contribution in [3.63, 3.8) is 0 Å². The zero-order chi connectivity index (χ0) is 13.7. The molecule has 2 atom stereocenters. The highest BCUT2D eigenvalue weighted by atomic mass is 14.7. The molecular weight excluding hydrogens is 230 g/mol. The third-order valence-electron chi connectivity index (χ3n) is 4.87. The Kier molecular flexibility index (Phi) is 5.04. The van der Waals surface area contributed by atoms with E-state index in [0.29, 0.717) is 0 Å². The molecule has 0 amide bonds. The van der Waals surface area contributed by atoms with Crippen molar-refractivity contribution in [1.82, 2.24) is 0 Å². The largest absolute Gasteiger partial charge is 0.321 e. The molecule has 1 aliphatic carbocycles. The average Bonchev–Trinajstić information content (AvgIpc) is 2.63. The van der Waals surface area contributed by atoms with E-state index in [-0.39, 0.29) is 5.54 Å². The van der Waals surface area contributed by atoms with Gasteiger partial charge in [-0.2, -0.15) is 0 Å². The van der Waals surface area contributed by atoms with Crippen LogP contribution >= 0.6 is 0 Å². The first kappa shape index (κ1) is 14.6. The van der Waals surface area contributed by atoms with Crippen LogP contribution < -0.4 is 5.73 Å². The molecule has 1 fully saturated rings. The van der Waals surface area contributed by atoms with Gasteiger partial charge >= 0.3 is 0 Å². The Morgan fingerprint density at radius 2 is 1.84 bits per heavy atom. The summed E-state index contributed by atoms with van der Waals surface area (Å²) >= 11 is 0. The molecule has 106 valence electrons. The van der Waals surface area contributed by atoms with E-state index >= 15 is 0 Å². The summed E-state index contributed by atoms with van der Waals surface area (Å²) in [4.78, 5) is 0. The number of aryl methyl sites for hydroxylation is 1. The zero-order valence-electron chi connectivity index (χ0n) is 12.6. The second-order valence-electron chi connectivity index (χ2n) is 6.29. The van der Waals surface area contributed by atoms with Crippen LogP contribution in [-0.4, -0.2) is 0 Å². The van der Waals surface area contributed by atoms with Crippen molar-refractivity contribution in [2.75, 3.05) is 0 Å². The van der Waals surface area contributed by atoms with E-state index in [1.165, 1.54) is 43.2 Å². The summed E-state index contributed by atoms with van der Waals surface area (Å²) < 4.78 is 0. The lowest BCUT2D eigenvalue weighted by atomic mass is 9.83. The number of hydrogen-bond acceptors (Lipinski definition) is 1. The van der Waals surface area contributed by atoms with Gasteiger partial charge in [0, 0.05) is 5.54 Å². The number of rotatable bonds is 4. The monoisotopic (exact) mass is 259 g/mol. The lowest BCUT2D eigenvalue weighted by molar-refractivity contribution is 0.367. The predicted molar refractivity (Wildman–Crippen MR) is 83.2 cm³/mol. The first-order valence-corrected chi connectivity index (χ1v) is 8.06. The molecule has 0 aliphatic heterocycles. The van der Waals surface area contributed by atoms with Gasteiger partial charge in [0.2, 0.25) is 0 Å². The minimum Gasteiger partial charge on any atom is -0.321 e. The van der Waals surface area contributed by atoms with Crippen LogP contribution in [0.1, 0.15) is 69.9 Å². The molecule has 2 N–H and O–H groups in total. The highest BCUT2D eigenvalue weighted by Gasteiger charge is 2.30. The van der Waals surface area contributed by atoms with Gasteiger partial charge in [-0.1, -0.05) is 63.8 Å². The molecule has 0 radical (unpaired) electrons. The first-order chi connectivity index (χ1) is 9.18. The van der Waals surface area contributed by atoms with Crippen molar-refractivity contribution >= 4 is 0 Å². The maximum atomic E-state index is 6.73. The predicted octanol–water partition coefficient (Wildman–Crippen LogP) is 4.78. The van der Waals surface area contributed by atoms with Crippen molar-refractivity contribution in [2.45, 2.75) is 70.8 Å². The summed E-state index contributed by atoms with van der Waals surface area (Å²) in [5.41, 5.74) is 9.41. The maximum absolute atomic E-state index is 6.73. The molecule has 0 bridgehead atoms. The molecule has 0 aromatic heterocycles. The SMILES string of the molecule is CCCC1CCCC(N)(c2ccc(CC)cc2)CC1. The van der Waals surface area contributed by atoms with Gasteiger partial charge in [-0.15, -0.1) is 0 Å². The Balaban J connectivity index is 2.08. The molecule has 1 heteroatoms. The van der Waals surface area contributed by atoms with Gasteiger partial charge in [-0.3, -0.25) is 0 Å². The van der Waals surface area contributed by atoms with Crippen LogP contribution in [0.4, 0.5) is 0 Å². The smallest absolute Gasteiger partial charge is 0.0409 e. The van der Waals surface area contributed by atoms with E-state index in [9.17, 15) is 0 Å². The van der Waals surface area contributed by atoms with Crippen molar-refractivity contribution in [2.24, 2.45) is 11.7 Å². The zero-order valence-corrected chi connectivity index (χ0v) is 12.6. The van der Waals surface area contributed by atoms with Crippen LogP contribution in [0.15, 0.2) is 24.3 Å². The lowest BCUT2D eigenvalue weighted by Crippen LogP contribution is -2.36. The molecule has 0 saturated heterocycles. The molecule has 1 saturated carbocycles. The summed E-state index contributed by atoms with van der Waals surface area (Å²) in [6.45, 7) is 4.50. The molecule has 19 heavy (non-hydrogen) atoms. The van der Waals surface area contributed by atoms with Crippen LogP contribution in [0.25, 0.3) is 0 Å². The highest BCUT2D eigenvalue weighted by molar-refractivity contribution is 5.28. The summed E-state index contributed by atoms with van der Waals surface area (Å²) in [5.74, 6) is 0.908. The van der Waals surface area contributed by atoms with Crippen LogP contribution in [0.2, 0.25) is 0 Å². The standard InChI is InChI=1S/C18H29N/c1-3-6-16-7-5-13-18(19,14-12-16)17-10-8-15(4-2)9-11-17/h8-11,16H,3-7,12-14,19H2,1-2H3. The van der Waals surface area contributed by atoms with Gasteiger partial charge < -0.3 is 5.73 Å². The van der Waals surface area contributed by atoms with Crippen molar-refractivity contribution in [3.8, 4) is 0 Å². The number of benzene rings is 1. The van der Waals surface area contributed by atoms with Crippen molar-refractivity contribution < 1.29 is 0 Å². The molecule has 2 unspecified atom stereocenters. The fourth-order valence-electron chi connectivity index (χ4n) is 3.50. The summed E-state index contributed by atoms with van der Waals surface area (Å²) in [6, 6.07) is 9.02. The Morgan fingerprint density at radius 3 is 2.47 bits per heavy atom. The molecule has 0 heterocycles. The molecule has 0 spiro atoms. The molecule has 2 rings (SSSR count). The molecular formula is C18H29N. The van der Waals surface area contributed by atoms with E-state index in [0.717, 1.165) is 25.2 Å². The minimum atomic E-state index is -0.0746. The quantitative estimate of drug-likeness (QED) is 0.773. The van der Waals surface area contributed by atoms with Crippen molar-refractivity contribution in [3.05, 3.63) is 35.4 Å². The van der Waals surface area contributed by atoms with Crippen LogP contribution in [-0.2, 0) is 12.0 Å². The maximum Gasteiger partial charge on any atom is 0.0409 e. The third-order valence-corrected chi connectivity index (χ3v) is 4.87. The van der Waals surface area contributed by atoms with Gasteiger partial charge in [0.15, 0.2) is 0 Å². The molecule has 1 nitrogen and oxygen atoms in total. The summed E-state index contributed by atoms with van der Waals surface area (Å²) in [5, 5.41) is 0. The Bertz CT molecular complexity index is 381. The first-order valence-electron chi connectivity index (χ1n) is 8.06. The van der Waals surface area contributed by atoms with Crippen molar-refractivity contribution in [1.29, 1.82) is 0 Å². The second-order valence-corrected chi connectivity index (χ2v) is 6.29. The van der Waals surface area contributed by atoms with Gasteiger partial charge in [-0.25, -0.2) is 0 Å². The van der Waals surface area contributed by atoms with E-state index in [1.54, 1.807) is 0 Å². The summed E-state index contributed by atoms with van der Waals surface area (Å²) in [7, 11) is 0. The normalized spacial score (nSPS) is 28.1. The second kappa shape index (κ2) is 6.56. The lowest BCUT2D eigenvalue weighted by Gasteiger charge is -2.29. The Hall–Kier alpha value is -0.820. The number of nitrogens with two attached hydrogens (primary N) is 1. The van der Waals surface area contributed by atoms with Crippen LogP contribution in [0.5, 0.6) is 0 Å². The van der Waals surface area contributed by atoms with Crippen LogP contribution in [0, 0.1) is 5.92 Å². The summed E-state index contributed by atoms with van der Waals surface area (Å²) in [6.07, 6.45) is 10.1. The topological polar surface area (TPSA) is 26.0 Å². The fourth-order valence-corrected chi connectivity index (χ4v) is 3.50. The van der Waals surface area contributed by atoms with Crippen LogP contribution in [0.3, 0.4) is 0 Å². The van der Waals surface area contributed by atoms with E-state index < -0.39 is 0 Å². The Labute approximate surface area is 118 Å². The van der Waals surface area contributed by atoms with Gasteiger partial charge in [0.25, 0.3) is 0 Å². The highest BCUT2D eigenvalue weighted by Crippen LogP contribution is 2.37. The minimum absolute atomic E-state index is 0.0746. The van der Waals surface area contributed by atoms with E-state index in [2.05, 4.69) is 38.1 Å². The van der Waals surface area contributed by atoms with Gasteiger partial charge in [0.05, 0.1) is 0 Å². The van der Waals surface area contributed by atoms with E-state index in [4.69, 9.17) is 5.73 Å². The van der Waals surface area contributed by atoms with E-state index in [1.807, 2.05) is 0 Å². The third kappa shape index (κ3) is 3.60. The van der Waals surface area contributed by atoms with Gasteiger partial charge in [0.1, 0.15) is 0 Å². The Morgan fingerprint density at radius 1 is 1.11 bits per heavy atom. The average molecular weight is 259 g/mol.